The molecule has 0 bridgehead atoms. The van der Waals surface area contributed by atoms with E-state index in [4.69, 9.17) is 16.0 Å². The minimum Gasteiger partial charge on any atom is -0.408 e. The molecule has 1 atom stereocenters. The second-order valence-corrected chi connectivity index (χ2v) is 8.34. The molecule has 0 spiro atoms. The number of hydrogen-bond donors (Lipinski definition) is 2. The lowest BCUT2D eigenvalue weighted by molar-refractivity contribution is -0.122. The van der Waals surface area contributed by atoms with Crippen LogP contribution in [0, 0.1) is 0 Å². The summed E-state index contributed by atoms with van der Waals surface area (Å²) in [4.78, 5) is 32.8. The number of carbonyl (C=O) groups excluding carboxylic acids is 1. The molecule has 4 aromatic rings. The Kier molecular flexibility index (Phi) is 6.15. The Morgan fingerprint density at radius 3 is 2.97 bits per heavy atom. The van der Waals surface area contributed by atoms with Gasteiger partial charge in [-0.1, -0.05) is 23.7 Å². The normalized spacial score (nSPS) is 12.5. The van der Waals surface area contributed by atoms with Gasteiger partial charge < -0.3 is 14.7 Å². The number of hydrogen-bond acceptors (Lipinski definition) is 5. The highest BCUT2D eigenvalue weighted by atomic mass is 35.5. The number of thioether (sulfide) groups is 1. The van der Waals surface area contributed by atoms with E-state index in [1.807, 2.05) is 30.5 Å². The molecule has 0 saturated carbocycles. The van der Waals surface area contributed by atoms with Crippen LogP contribution in [0.4, 0.5) is 0 Å². The van der Waals surface area contributed by atoms with Crippen LogP contribution in [0.5, 0.6) is 0 Å². The first-order valence-electron chi connectivity index (χ1n) is 9.57. The zero-order chi connectivity index (χ0) is 21.1. The minimum atomic E-state index is -0.503. The van der Waals surface area contributed by atoms with Gasteiger partial charge in [0, 0.05) is 24.1 Å². The Bertz CT molecular complexity index is 1210. The molecule has 0 aliphatic carbocycles. The van der Waals surface area contributed by atoms with E-state index in [-0.39, 0.29) is 24.9 Å². The molecule has 156 valence electrons. The number of oxazole rings is 1. The number of aromatic nitrogens is 3. The van der Waals surface area contributed by atoms with Gasteiger partial charge in [0.25, 0.3) is 0 Å². The van der Waals surface area contributed by atoms with Gasteiger partial charge in [-0.3, -0.25) is 9.36 Å². The van der Waals surface area contributed by atoms with Crippen LogP contribution < -0.4 is 11.1 Å². The molecule has 0 aliphatic heterocycles. The number of imidazole rings is 1. The van der Waals surface area contributed by atoms with Gasteiger partial charge in [0.1, 0.15) is 5.82 Å². The minimum absolute atomic E-state index is 0.146. The first-order chi connectivity index (χ1) is 14.5. The average molecular weight is 445 g/mol. The maximum atomic E-state index is 12.7. The van der Waals surface area contributed by atoms with E-state index in [0.29, 0.717) is 16.1 Å². The van der Waals surface area contributed by atoms with Crippen molar-refractivity contribution in [2.24, 2.45) is 0 Å². The zero-order valence-electron chi connectivity index (χ0n) is 16.4. The Balaban J connectivity index is 1.48. The number of H-pyrrole nitrogens is 1. The lowest BCUT2D eigenvalue weighted by atomic mass is 10.2. The van der Waals surface area contributed by atoms with Gasteiger partial charge in [-0.25, -0.2) is 9.78 Å². The third-order valence-corrected chi connectivity index (χ3v) is 5.76. The number of halogens is 1. The summed E-state index contributed by atoms with van der Waals surface area (Å²) in [7, 11) is 0. The van der Waals surface area contributed by atoms with Crippen molar-refractivity contribution >= 4 is 51.4 Å². The monoisotopic (exact) mass is 444 g/mol. The maximum absolute atomic E-state index is 12.7. The standard InChI is InChI=1S/C21H21ClN4O3S/c1-30-11-9-16(20-24-14-4-2-3-5-15(14)25-20)23-19(27)8-10-26-17-7-6-13(22)12-18(17)29-21(26)28/h2-7,12,16H,8-11H2,1H3,(H,23,27)(H,24,25). The second-order valence-electron chi connectivity index (χ2n) is 6.92. The number of aromatic amines is 1. The Labute approximate surface area is 181 Å². The molecule has 0 fully saturated rings. The highest BCUT2D eigenvalue weighted by molar-refractivity contribution is 7.98. The van der Waals surface area contributed by atoms with Gasteiger partial charge in [-0.15, -0.1) is 0 Å². The van der Waals surface area contributed by atoms with Crippen molar-refractivity contribution in [1.29, 1.82) is 0 Å². The molecule has 0 saturated heterocycles. The molecule has 2 aromatic carbocycles. The van der Waals surface area contributed by atoms with Crippen LogP contribution >= 0.6 is 23.4 Å². The molecular weight excluding hydrogens is 424 g/mol. The molecule has 4 rings (SSSR count). The predicted molar refractivity (Wildman–Crippen MR) is 120 cm³/mol. The number of benzene rings is 2. The summed E-state index contributed by atoms with van der Waals surface area (Å²) in [5.41, 5.74) is 2.83. The van der Waals surface area contributed by atoms with Gasteiger partial charge in [-0.05, 0) is 42.7 Å². The first kappa shape index (κ1) is 20.6. The molecule has 0 radical (unpaired) electrons. The van der Waals surface area contributed by atoms with Crippen LogP contribution in [-0.4, -0.2) is 32.5 Å². The van der Waals surface area contributed by atoms with Gasteiger partial charge in [0.15, 0.2) is 5.58 Å². The van der Waals surface area contributed by atoms with Crippen LogP contribution in [0.3, 0.4) is 0 Å². The molecule has 30 heavy (non-hydrogen) atoms. The van der Waals surface area contributed by atoms with E-state index in [1.165, 1.54) is 4.57 Å². The SMILES string of the molecule is CSCCC(NC(=O)CCn1c(=O)oc2cc(Cl)ccc21)c1nc2ccccc2[nH]1. The van der Waals surface area contributed by atoms with Crippen LogP contribution in [0.15, 0.2) is 51.7 Å². The summed E-state index contributed by atoms with van der Waals surface area (Å²) < 4.78 is 6.67. The largest absolute Gasteiger partial charge is 0.419 e. The number of aryl methyl sites for hydroxylation is 1. The van der Waals surface area contributed by atoms with Crippen molar-refractivity contribution in [3.05, 3.63) is 63.9 Å². The molecule has 9 heteroatoms. The van der Waals surface area contributed by atoms with E-state index in [2.05, 4.69) is 15.3 Å². The Morgan fingerprint density at radius 1 is 1.33 bits per heavy atom. The fourth-order valence-corrected chi connectivity index (χ4v) is 4.02. The van der Waals surface area contributed by atoms with E-state index in [9.17, 15) is 9.59 Å². The number of nitrogens with one attached hydrogen (secondary N) is 2. The topological polar surface area (TPSA) is 92.9 Å². The summed E-state index contributed by atoms with van der Waals surface area (Å²) in [5.74, 6) is 0.960. The number of nitrogens with zero attached hydrogens (tertiary/aromatic N) is 2. The predicted octanol–water partition coefficient (Wildman–Crippen LogP) is 4.12. The number of rotatable bonds is 8. The van der Waals surface area contributed by atoms with Crippen LogP contribution in [-0.2, 0) is 11.3 Å². The molecule has 2 N–H and O–H groups in total. The highest BCUT2D eigenvalue weighted by Gasteiger charge is 2.19. The Hall–Kier alpha value is -2.71. The number of carbonyl (C=O) groups is 1. The number of fused-ring (bicyclic) bond motifs is 2. The third kappa shape index (κ3) is 4.39. The number of para-hydroxylation sites is 2. The van der Waals surface area contributed by atoms with Crippen molar-refractivity contribution in [3.8, 4) is 0 Å². The lowest BCUT2D eigenvalue weighted by Gasteiger charge is -2.16. The summed E-state index contributed by atoms with van der Waals surface area (Å²) in [6.07, 6.45) is 2.92. The van der Waals surface area contributed by atoms with Gasteiger partial charge in [-0.2, -0.15) is 11.8 Å². The molecule has 1 unspecified atom stereocenters. The van der Waals surface area contributed by atoms with E-state index < -0.39 is 5.76 Å². The van der Waals surface area contributed by atoms with Crippen molar-refractivity contribution in [2.75, 3.05) is 12.0 Å². The molecule has 7 nitrogen and oxygen atoms in total. The van der Waals surface area contributed by atoms with E-state index in [1.54, 1.807) is 30.0 Å². The summed E-state index contributed by atoms with van der Waals surface area (Å²) in [5, 5.41) is 3.54. The van der Waals surface area contributed by atoms with Crippen LogP contribution in [0.2, 0.25) is 5.02 Å². The molecule has 2 aromatic heterocycles. The summed E-state index contributed by atoms with van der Waals surface area (Å²) >= 11 is 7.66. The highest BCUT2D eigenvalue weighted by Crippen LogP contribution is 2.21. The average Bonchev–Trinajstić information content (AvgIpc) is 3.29. The fourth-order valence-electron chi connectivity index (χ4n) is 3.38. The van der Waals surface area contributed by atoms with E-state index >= 15 is 0 Å². The van der Waals surface area contributed by atoms with Crippen molar-refractivity contribution in [2.45, 2.75) is 25.4 Å². The molecular formula is C21H21ClN4O3S. The van der Waals surface area contributed by atoms with E-state index in [0.717, 1.165) is 29.0 Å². The van der Waals surface area contributed by atoms with Crippen molar-refractivity contribution < 1.29 is 9.21 Å². The Morgan fingerprint density at radius 2 is 2.17 bits per heavy atom. The molecule has 1 amide bonds. The third-order valence-electron chi connectivity index (χ3n) is 4.88. The quantitative estimate of drug-likeness (QED) is 0.426. The fraction of sp³-hybridized carbons (Fsp3) is 0.286. The van der Waals surface area contributed by atoms with Crippen molar-refractivity contribution in [3.63, 3.8) is 0 Å². The molecule has 0 aliphatic rings. The van der Waals surface area contributed by atoms with Gasteiger partial charge in [0.05, 0.1) is 22.6 Å². The molecule has 2 heterocycles. The smallest absolute Gasteiger partial charge is 0.408 e. The van der Waals surface area contributed by atoms with Gasteiger partial charge in [0.2, 0.25) is 5.91 Å². The lowest BCUT2D eigenvalue weighted by Crippen LogP contribution is -2.31. The van der Waals surface area contributed by atoms with Crippen molar-refractivity contribution in [1.82, 2.24) is 19.9 Å². The maximum Gasteiger partial charge on any atom is 0.419 e. The first-order valence-corrected chi connectivity index (χ1v) is 11.3. The summed E-state index contributed by atoms with van der Waals surface area (Å²) in [6.45, 7) is 0.217. The van der Waals surface area contributed by atoms with Crippen LogP contribution in [0.1, 0.15) is 24.7 Å². The summed E-state index contributed by atoms with van der Waals surface area (Å²) in [6, 6.07) is 12.5. The van der Waals surface area contributed by atoms with Gasteiger partial charge >= 0.3 is 5.76 Å². The zero-order valence-corrected chi connectivity index (χ0v) is 17.9. The number of amides is 1. The van der Waals surface area contributed by atoms with Crippen LogP contribution in [0.25, 0.3) is 22.1 Å². The second kappa shape index (κ2) is 8.97.